The van der Waals surface area contributed by atoms with Crippen molar-refractivity contribution in [3.05, 3.63) is 71.7 Å². The molecule has 0 saturated heterocycles. The van der Waals surface area contributed by atoms with Gasteiger partial charge in [-0.05, 0) is 87.9 Å². The SMILES string of the molecule is C[n+]1ccsc1N=Nc1ccc(NCCCNc2ccc(N=Nc3scc[n+]3C)cc2)cc1.[Cl][Zn-2]([Cl])([Cl])[Cl]. The molecule has 38 heavy (non-hydrogen) atoms. The standard InChI is InChI=1S/C23H24N8S2.4ClH.Zn/c1-30-14-16-32-22(30)28-26-20-8-4-18(5-9-20)24-12-3-13-25-19-6-10-21(11-7-19)27-29-23-31(2)15-17-33-23;;;;;/h4-11,14-17H,3,12-13H2,1-2H3;4*1H;/q;;;;;+2/p-2. The van der Waals surface area contributed by atoms with Gasteiger partial charge in [-0.2, -0.15) is 0 Å². The Morgan fingerprint density at radius 2 is 1.03 bits per heavy atom. The summed E-state index contributed by atoms with van der Waals surface area (Å²) in [6.07, 6.45) is 4.93. The molecule has 0 amide bonds. The molecule has 0 spiro atoms. The van der Waals surface area contributed by atoms with Crippen LogP contribution in [0, 0.1) is 0 Å². The maximum absolute atomic E-state index is 5.05. The molecule has 2 heterocycles. The average Bonchev–Trinajstić information content (AvgIpc) is 3.48. The van der Waals surface area contributed by atoms with Crippen molar-refractivity contribution in [3.63, 3.8) is 0 Å². The molecule has 15 heteroatoms. The van der Waals surface area contributed by atoms with Crippen LogP contribution in [0.4, 0.5) is 33.0 Å². The predicted molar refractivity (Wildman–Crippen MR) is 157 cm³/mol. The van der Waals surface area contributed by atoms with Crippen molar-refractivity contribution in [1.29, 1.82) is 0 Å². The Balaban J connectivity index is 0.000000732. The van der Waals surface area contributed by atoms with Gasteiger partial charge in [0.1, 0.15) is 23.8 Å². The third kappa shape index (κ3) is 12.0. The number of nitrogens with one attached hydrogen (secondary N) is 2. The van der Waals surface area contributed by atoms with Gasteiger partial charge in [0, 0.05) is 35.2 Å². The van der Waals surface area contributed by atoms with Gasteiger partial charge in [-0.3, -0.25) is 0 Å². The van der Waals surface area contributed by atoms with E-state index in [0.29, 0.717) is 0 Å². The first-order chi connectivity index (χ1) is 18.2. The van der Waals surface area contributed by atoms with Crippen molar-refractivity contribution in [3.8, 4) is 0 Å². The van der Waals surface area contributed by atoms with Gasteiger partial charge >= 0.3 is 59.8 Å². The van der Waals surface area contributed by atoms with Crippen LogP contribution in [-0.2, 0) is 24.9 Å². The quantitative estimate of drug-likeness (QED) is 0.0757. The Hall–Kier alpha value is -1.72. The number of aromatic nitrogens is 2. The summed E-state index contributed by atoms with van der Waals surface area (Å²) in [7, 11) is 20.7. The molecule has 2 N–H and O–H groups in total. The average molecular weight is 686 g/mol. The number of thiazole rings is 2. The van der Waals surface area contributed by atoms with Crippen LogP contribution >= 0.6 is 61.4 Å². The first kappa shape index (κ1) is 30.8. The van der Waals surface area contributed by atoms with Crippen molar-refractivity contribution >= 4 is 94.5 Å². The summed E-state index contributed by atoms with van der Waals surface area (Å²) < 4.78 is 3.90. The molecule has 4 aromatic rings. The molecule has 0 atom stereocenters. The van der Waals surface area contributed by atoms with E-state index in [4.69, 9.17) is 38.8 Å². The second-order valence-electron chi connectivity index (χ2n) is 7.90. The summed E-state index contributed by atoms with van der Waals surface area (Å²) in [6.45, 7) is 1.76. The monoisotopic (exact) mass is 682 g/mol. The molecular formula is C23H26Cl4N8S2Zn. The van der Waals surface area contributed by atoms with Crippen molar-refractivity contribution in [2.45, 2.75) is 6.42 Å². The molecule has 8 nitrogen and oxygen atoms in total. The molecule has 0 unspecified atom stereocenters. The van der Waals surface area contributed by atoms with E-state index in [2.05, 4.69) is 31.1 Å². The number of halogens is 4. The second kappa shape index (κ2) is 15.8. The van der Waals surface area contributed by atoms with E-state index in [0.717, 1.165) is 52.5 Å². The zero-order valence-electron chi connectivity index (χ0n) is 20.8. The van der Waals surface area contributed by atoms with Crippen LogP contribution in [0.2, 0.25) is 0 Å². The fourth-order valence-electron chi connectivity index (χ4n) is 2.89. The summed E-state index contributed by atoms with van der Waals surface area (Å²) >= 11 is 3.13. The number of benzene rings is 2. The minimum atomic E-state index is -3.36. The van der Waals surface area contributed by atoms with Gasteiger partial charge in [0.15, 0.2) is 0 Å². The molecule has 2 aromatic heterocycles. The van der Waals surface area contributed by atoms with Crippen molar-refractivity contribution in [2.75, 3.05) is 23.7 Å². The number of hydrogen-bond acceptors (Lipinski definition) is 8. The Labute approximate surface area is 249 Å². The Kier molecular flexibility index (Phi) is 12.8. The van der Waals surface area contributed by atoms with Crippen LogP contribution in [0.15, 0.2) is 92.1 Å². The number of hydrogen-bond donors (Lipinski definition) is 2. The molecule has 200 valence electrons. The molecule has 0 radical (unpaired) electrons. The van der Waals surface area contributed by atoms with E-state index in [1.807, 2.05) is 94.9 Å². The van der Waals surface area contributed by atoms with Gasteiger partial charge in [-0.15, -0.1) is 0 Å². The summed E-state index contributed by atoms with van der Waals surface area (Å²) in [6, 6.07) is 16.0. The van der Waals surface area contributed by atoms with Gasteiger partial charge in [0.25, 0.3) is 0 Å². The molecule has 0 aliphatic heterocycles. The molecule has 0 bridgehead atoms. The van der Waals surface area contributed by atoms with Crippen LogP contribution in [0.3, 0.4) is 0 Å². The maximum atomic E-state index is 5.05. The number of azo groups is 2. The number of anilines is 2. The Bertz CT molecular complexity index is 1220. The summed E-state index contributed by atoms with van der Waals surface area (Å²) in [4.78, 5) is 0. The molecule has 0 aliphatic rings. The number of nitrogens with zero attached hydrogens (tertiary/aromatic N) is 6. The number of aryl methyl sites for hydroxylation is 2. The van der Waals surface area contributed by atoms with E-state index >= 15 is 0 Å². The van der Waals surface area contributed by atoms with E-state index in [9.17, 15) is 0 Å². The van der Waals surface area contributed by atoms with Crippen molar-refractivity contribution < 1.29 is 19.9 Å². The van der Waals surface area contributed by atoms with Gasteiger partial charge in [0.2, 0.25) is 0 Å². The van der Waals surface area contributed by atoms with Crippen molar-refractivity contribution in [1.82, 2.24) is 0 Å². The second-order valence-corrected chi connectivity index (χ2v) is 37.4. The Morgan fingerprint density at radius 1 is 0.658 bits per heavy atom. The molecule has 0 saturated carbocycles. The van der Waals surface area contributed by atoms with Crippen LogP contribution in [0.5, 0.6) is 0 Å². The third-order valence-electron chi connectivity index (χ3n) is 4.77. The molecule has 2 aromatic carbocycles. The number of rotatable bonds is 10. The summed E-state index contributed by atoms with van der Waals surface area (Å²) in [5.41, 5.74) is 3.82. The third-order valence-corrected chi connectivity index (χ3v) is 6.44. The van der Waals surface area contributed by atoms with E-state index in [1.165, 1.54) is 0 Å². The van der Waals surface area contributed by atoms with Gasteiger partial charge in [-0.25, -0.2) is 9.13 Å². The molecule has 0 fully saturated rings. The van der Waals surface area contributed by atoms with Crippen LogP contribution in [0.25, 0.3) is 0 Å². The molecule has 4 rings (SSSR count). The van der Waals surface area contributed by atoms with Crippen LogP contribution < -0.4 is 19.8 Å². The van der Waals surface area contributed by atoms with Gasteiger partial charge in [-0.1, -0.05) is 0 Å². The Morgan fingerprint density at radius 3 is 1.34 bits per heavy atom. The van der Waals surface area contributed by atoms with Crippen LogP contribution in [0.1, 0.15) is 6.42 Å². The zero-order valence-corrected chi connectivity index (χ0v) is 28.4. The zero-order chi connectivity index (χ0) is 27.4. The topological polar surface area (TPSA) is 81.3 Å². The van der Waals surface area contributed by atoms with Crippen molar-refractivity contribution in [2.24, 2.45) is 34.6 Å². The first-order valence-corrected chi connectivity index (χ1v) is 29.0. The molecule has 0 aliphatic carbocycles. The van der Waals surface area contributed by atoms with E-state index in [1.54, 1.807) is 22.7 Å². The molecular weight excluding hydrogens is 660 g/mol. The first-order valence-electron chi connectivity index (χ1n) is 11.6. The summed E-state index contributed by atoms with van der Waals surface area (Å²) in [5.74, 6) is 0. The predicted octanol–water partition coefficient (Wildman–Crippen LogP) is 8.96. The fraction of sp³-hybridized carbons (Fsp3) is 0.217. The summed E-state index contributed by atoms with van der Waals surface area (Å²) in [5, 5.41) is 29.7. The van der Waals surface area contributed by atoms with Gasteiger partial charge in [0.05, 0.1) is 24.3 Å². The fourth-order valence-corrected chi connectivity index (χ4v) is 4.25. The normalized spacial score (nSPS) is 11.5. The van der Waals surface area contributed by atoms with E-state index in [-0.39, 0.29) is 0 Å². The van der Waals surface area contributed by atoms with Crippen LogP contribution in [-0.4, -0.2) is 13.1 Å². The van der Waals surface area contributed by atoms with Gasteiger partial charge < -0.3 is 10.6 Å². The minimum absolute atomic E-state index is 0.836. The van der Waals surface area contributed by atoms with E-state index < -0.39 is 10.8 Å².